The lowest BCUT2D eigenvalue weighted by molar-refractivity contribution is 0.201. The van der Waals surface area contributed by atoms with E-state index in [1.165, 1.54) is 0 Å². The summed E-state index contributed by atoms with van der Waals surface area (Å²) in [5.74, 6) is 0.633. The van der Waals surface area contributed by atoms with Gasteiger partial charge in [-0.3, -0.25) is 0 Å². The molecule has 0 bridgehead atoms. The van der Waals surface area contributed by atoms with Crippen molar-refractivity contribution in [1.29, 1.82) is 0 Å². The van der Waals surface area contributed by atoms with Crippen LogP contribution in [0.5, 0.6) is 5.75 Å². The SMILES string of the molecule is CCNC(=O)Oc1c(C)ccc2ccccc12. The Labute approximate surface area is 100 Å². The van der Waals surface area contributed by atoms with Gasteiger partial charge < -0.3 is 10.1 Å². The first-order valence-corrected chi connectivity index (χ1v) is 5.66. The number of ether oxygens (including phenoxy) is 1. The number of fused-ring (bicyclic) bond motifs is 1. The molecule has 0 fully saturated rings. The van der Waals surface area contributed by atoms with Gasteiger partial charge in [0.05, 0.1) is 0 Å². The third-order valence-electron chi connectivity index (χ3n) is 2.59. The Morgan fingerprint density at radius 3 is 2.76 bits per heavy atom. The summed E-state index contributed by atoms with van der Waals surface area (Å²) in [6.07, 6.45) is -0.410. The van der Waals surface area contributed by atoms with E-state index in [2.05, 4.69) is 5.32 Å². The maximum absolute atomic E-state index is 11.5. The molecule has 0 aliphatic heterocycles. The molecule has 0 heterocycles. The van der Waals surface area contributed by atoms with Crippen LogP contribution in [0.25, 0.3) is 10.8 Å². The number of hydrogen-bond donors (Lipinski definition) is 1. The van der Waals surface area contributed by atoms with Crippen LogP contribution in [0.2, 0.25) is 0 Å². The Bertz CT molecular complexity index is 549. The van der Waals surface area contributed by atoms with Crippen molar-refractivity contribution in [1.82, 2.24) is 5.32 Å². The van der Waals surface area contributed by atoms with Crippen LogP contribution < -0.4 is 10.1 Å². The molecule has 1 amide bonds. The van der Waals surface area contributed by atoms with Crippen molar-refractivity contribution in [3.63, 3.8) is 0 Å². The highest BCUT2D eigenvalue weighted by Crippen LogP contribution is 2.29. The maximum Gasteiger partial charge on any atom is 0.412 e. The van der Waals surface area contributed by atoms with Gasteiger partial charge in [0, 0.05) is 11.9 Å². The van der Waals surface area contributed by atoms with Crippen molar-refractivity contribution in [2.24, 2.45) is 0 Å². The Morgan fingerprint density at radius 1 is 1.24 bits per heavy atom. The van der Waals surface area contributed by atoms with Gasteiger partial charge in [-0.05, 0) is 24.8 Å². The molecule has 88 valence electrons. The molecule has 0 radical (unpaired) electrons. The molecule has 0 atom stereocenters. The second-order valence-electron chi connectivity index (χ2n) is 3.85. The maximum atomic E-state index is 11.5. The number of aryl methyl sites for hydroxylation is 1. The van der Waals surface area contributed by atoms with E-state index < -0.39 is 6.09 Å². The van der Waals surface area contributed by atoms with Crippen molar-refractivity contribution >= 4 is 16.9 Å². The van der Waals surface area contributed by atoms with Gasteiger partial charge in [-0.1, -0.05) is 36.4 Å². The third kappa shape index (κ3) is 2.38. The number of rotatable bonds is 2. The molecular formula is C14H15NO2. The van der Waals surface area contributed by atoms with Crippen molar-refractivity contribution in [2.45, 2.75) is 13.8 Å². The molecular weight excluding hydrogens is 214 g/mol. The van der Waals surface area contributed by atoms with Crippen LogP contribution in [0.15, 0.2) is 36.4 Å². The Kier molecular flexibility index (Phi) is 3.28. The van der Waals surface area contributed by atoms with Gasteiger partial charge in [0.2, 0.25) is 0 Å². The molecule has 0 saturated heterocycles. The highest BCUT2D eigenvalue weighted by Gasteiger charge is 2.09. The Morgan fingerprint density at radius 2 is 2.00 bits per heavy atom. The summed E-state index contributed by atoms with van der Waals surface area (Å²) in [6.45, 7) is 4.35. The zero-order chi connectivity index (χ0) is 12.3. The minimum atomic E-state index is -0.410. The molecule has 0 spiro atoms. The van der Waals surface area contributed by atoms with E-state index in [9.17, 15) is 4.79 Å². The molecule has 3 nitrogen and oxygen atoms in total. The first-order chi connectivity index (χ1) is 8.22. The van der Waals surface area contributed by atoms with Gasteiger partial charge in [0.25, 0.3) is 0 Å². The highest BCUT2D eigenvalue weighted by molar-refractivity contribution is 5.91. The molecule has 3 heteroatoms. The van der Waals surface area contributed by atoms with E-state index in [-0.39, 0.29) is 0 Å². The topological polar surface area (TPSA) is 38.3 Å². The van der Waals surface area contributed by atoms with E-state index in [1.807, 2.05) is 50.2 Å². The smallest absolute Gasteiger partial charge is 0.409 e. The predicted molar refractivity (Wildman–Crippen MR) is 68.4 cm³/mol. The summed E-state index contributed by atoms with van der Waals surface area (Å²) in [7, 11) is 0. The summed E-state index contributed by atoms with van der Waals surface area (Å²) in [4.78, 5) is 11.5. The summed E-state index contributed by atoms with van der Waals surface area (Å²) >= 11 is 0. The van der Waals surface area contributed by atoms with E-state index >= 15 is 0 Å². The van der Waals surface area contributed by atoms with E-state index in [4.69, 9.17) is 4.74 Å². The standard InChI is InChI=1S/C14H15NO2/c1-3-15-14(16)17-13-10(2)8-9-11-6-4-5-7-12(11)13/h4-9H,3H2,1-2H3,(H,15,16). The quantitative estimate of drug-likeness (QED) is 0.858. The summed E-state index contributed by atoms with van der Waals surface area (Å²) in [5, 5.41) is 4.65. The van der Waals surface area contributed by atoms with Crippen LogP contribution in [-0.2, 0) is 0 Å². The van der Waals surface area contributed by atoms with Crippen LogP contribution in [0, 0.1) is 6.92 Å². The molecule has 2 aromatic carbocycles. The number of hydrogen-bond acceptors (Lipinski definition) is 2. The number of carbonyl (C=O) groups excluding carboxylic acids is 1. The predicted octanol–water partition coefficient (Wildman–Crippen LogP) is 3.26. The molecule has 2 aromatic rings. The van der Waals surface area contributed by atoms with Crippen LogP contribution in [0.3, 0.4) is 0 Å². The normalized spacial score (nSPS) is 10.2. The first-order valence-electron chi connectivity index (χ1n) is 5.66. The largest absolute Gasteiger partial charge is 0.412 e. The summed E-state index contributed by atoms with van der Waals surface area (Å²) < 4.78 is 5.35. The van der Waals surface area contributed by atoms with Crippen molar-refractivity contribution in [2.75, 3.05) is 6.54 Å². The van der Waals surface area contributed by atoms with Gasteiger partial charge >= 0.3 is 6.09 Å². The molecule has 0 aliphatic rings. The molecule has 2 rings (SSSR count). The monoisotopic (exact) mass is 229 g/mol. The van der Waals surface area contributed by atoms with Crippen molar-refractivity contribution in [3.8, 4) is 5.75 Å². The Hall–Kier alpha value is -2.03. The fourth-order valence-corrected chi connectivity index (χ4v) is 1.76. The van der Waals surface area contributed by atoms with Crippen molar-refractivity contribution < 1.29 is 9.53 Å². The molecule has 0 aromatic heterocycles. The van der Waals surface area contributed by atoms with Gasteiger partial charge in [-0.25, -0.2) is 4.79 Å². The van der Waals surface area contributed by atoms with Crippen LogP contribution in [0.1, 0.15) is 12.5 Å². The third-order valence-corrected chi connectivity index (χ3v) is 2.59. The summed E-state index contributed by atoms with van der Waals surface area (Å²) in [6, 6.07) is 11.8. The fourth-order valence-electron chi connectivity index (χ4n) is 1.76. The minimum absolute atomic E-state index is 0.410. The van der Waals surface area contributed by atoms with Gasteiger partial charge in [-0.15, -0.1) is 0 Å². The average molecular weight is 229 g/mol. The number of benzene rings is 2. The average Bonchev–Trinajstić information content (AvgIpc) is 2.33. The van der Waals surface area contributed by atoms with Crippen molar-refractivity contribution in [3.05, 3.63) is 42.0 Å². The minimum Gasteiger partial charge on any atom is -0.409 e. The number of carbonyl (C=O) groups is 1. The molecule has 1 N–H and O–H groups in total. The van der Waals surface area contributed by atoms with Crippen LogP contribution in [0.4, 0.5) is 4.79 Å². The molecule has 0 unspecified atom stereocenters. The first kappa shape index (κ1) is 11.5. The molecule has 0 saturated carbocycles. The van der Waals surface area contributed by atoms with E-state index in [0.717, 1.165) is 16.3 Å². The van der Waals surface area contributed by atoms with Gasteiger partial charge in [0.15, 0.2) is 0 Å². The highest BCUT2D eigenvalue weighted by atomic mass is 16.6. The van der Waals surface area contributed by atoms with Gasteiger partial charge in [-0.2, -0.15) is 0 Å². The fraction of sp³-hybridized carbons (Fsp3) is 0.214. The lowest BCUT2D eigenvalue weighted by Crippen LogP contribution is -2.26. The van der Waals surface area contributed by atoms with E-state index in [0.29, 0.717) is 12.3 Å². The lowest BCUT2D eigenvalue weighted by Gasteiger charge is -2.10. The Balaban J connectivity index is 2.44. The number of nitrogens with one attached hydrogen (secondary N) is 1. The van der Waals surface area contributed by atoms with Gasteiger partial charge in [0.1, 0.15) is 5.75 Å². The zero-order valence-electron chi connectivity index (χ0n) is 9.99. The van der Waals surface area contributed by atoms with E-state index in [1.54, 1.807) is 0 Å². The van der Waals surface area contributed by atoms with Crippen LogP contribution in [-0.4, -0.2) is 12.6 Å². The lowest BCUT2D eigenvalue weighted by atomic mass is 10.1. The molecule has 0 aliphatic carbocycles. The second kappa shape index (κ2) is 4.87. The second-order valence-corrected chi connectivity index (χ2v) is 3.85. The zero-order valence-corrected chi connectivity index (χ0v) is 9.99. The molecule has 17 heavy (non-hydrogen) atoms. The van der Waals surface area contributed by atoms with Crippen LogP contribution >= 0.6 is 0 Å². The summed E-state index contributed by atoms with van der Waals surface area (Å²) in [5.41, 5.74) is 0.954. The number of amides is 1.